The first-order valence-corrected chi connectivity index (χ1v) is 10.3. The van der Waals surface area contributed by atoms with Gasteiger partial charge in [0, 0.05) is 29.1 Å². The van der Waals surface area contributed by atoms with E-state index in [-0.39, 0.29) is 31.4 Å². The molecule has 10 heteroatoms. The van der Waals surface area contributed by atoms with Crippen LogP contribution in [0.15, 0.2) is 44.9 Å². The van der Waals surface area contributed by atoms with Crippen molar-refractivity contribution in [1.82, 2.24) is 14.7 Å². The summed E-state index contributed by atoms with van der Waals surface area (Å²) in [4.78, 5) is 28.9. The van der Waals surface area contributed by atoms with Crippen molar-refractivity contribution in [2.45, 2.75) is 31.1 Å². The van der Waals surface area contributed by atoms with Crippen molar-refractivity contribution >= 4 is 17.7 Å². The highest BCUT2D eigenvalue weighted by atomic mass is 32.2. The summed E-state index contributed by atoms with van der Waals surface area (Å²) in [5, 5.41) is 4.59. The van der Waals surface area contributed by atoms with E-state index in [1.165, 1.54) is 11.8 Å². The lowest BCUT2D eigenvalue weighted by atomic mass is 10.1. The Kier molecular flexibility index (Phi) is 4.70. The van der Waals surface area contributed by atoms with Crippen molar-refractivity contribution in [2.24, 2.45) is 0 Å². The van der Waals surface area contributed by atoms with Gasteiger partial charge in [0.15, 0.2) is 22.4 Å². The van der Waals surface area contributed by atoms with Crippen molar-refractivity contribution < 1.29 is 23.5 Å². The predicted octanol–water partition coefficient (Wildman–Crippen LogP) is 2.72. The molecule has 4 heterocycles. The summed E-state index contributed by atoms with van der Waals surface area (Å²) in [6, 6.07) is 6.90. The van der Waals surface area contributed by atoms with Crippen LogP contribution < -0.4 is 15.0 Å². The van der Waals surface area contributed by atoms with Crippen LogP contribution in [0.4, 0.5) is 0 Å². The fraction of sp³-hybridized carbons (Fsp3) is 0.300. The fourth-order valence-corrected chi connectivity index (χ4v) is 4.45. The number of hydrogen-bond acceptors (Lipinski definition) is 9. The quantitative estimate of drug-likeness (QED) is 0.449. The maximum Gasteiger partial charge on any atom is 0.308 e. The third-order valence-electron chi connectivity index (χ3n) is 4.90. The van der Waals surface area contributed by atoms with Crippen LogP contribution in [0, 0.1) is 6.92 Å². The van der Waals surface area contributed by atoms with Crippen molar-refractivity contribution in [3.05, 3.63) is 52.1 Å². The molecular formula is C20H17N3O6S. The number of nitrogens with zero attached hydrogens (tertiary/aromatic N) is 3. The van der Waals surface area contributed by atoms with Gasteiger partial charge in [-0.3, -0.25) is 14.2 Å². The highest BCUT2D eigenvalue weighted by Crippen LogP contribution is 2.36. The molecule has 0 N–H and O–H groups in total. The van der Waals surface area contributed by atoms with Gasteiger partial charge in [-0.2, -0.15) is 0 Å². The second kappa shape index (κ2) is 7.52. The first-order valence-electron chi connectivity index (χ1n) is 9.30. The van der Waals surface area contributed by atoms with Gasteiger partial charge in [-0.05, 0) is 25.1 Å². The molecule has 0 aliphatic carbocycles. The number of benzene rings is 1. The van der Waals surface area contributed by atoms with Crippen LogP contribution in [-0.4, -0.2) is 33.2 Å². The molecule has 0 spiro atoms. The van der Waals surface area contributed by atoms with Crippen LogP contribution in [0.1, 0.15) is 23.7 Å². The molecule has 3 aromatic rings. The minimum absolute atomic E-state index is 0.0133. The van der Waals surface area contributed by atoms with E-state index in [4.69, 9.17) is 18.7 Å². The maximum absolute atomic E-state index is 12.4. The molecule has 0 bridgehead atoms. The van der Waals surface area contributed by atoms with Crippen molar-refractivity contribution in [2.75, 3.05) is 12.5 Å². The van der Waals surface area contributed by atoms with E-state index < -0.39 is 5.97 Å². The predicted molar refractivity (Wildman–Crippen MR) is 105 cm³/mol. The van der Waals surface area contributed by atoms with E-state index in [0.717, 1.165) is 5.56 Å². The second-order valence-corrected chi connectivity index (χ2v) is 7.97. The normalized spacial score (nSPS) is 16.5. The fourth-order valence-electron chi connectivity index (χ4n) is 3.34. The van der Waals surface area contributed by atoms with Crippen LogP contribution in [-0.2, 0) is 16.1 Å². The number of fused-ring (bicyclic) bond motifs is 2. The van der Waals surface area contributed by atoms with Crippen LogP contribution >= 0.6 is 11.8 Å². The molecule has 154 valence electrons. The standard InChI is InChI=1S/C20H17N3O6S/c1-11-7-21-20-23(19(11)25)14(9-30-20)6-18(24)26-8-13-5-16(29-22-13)12-2-3-15-17(4-12)28-10-27-15/h2-5,7,14H,6,8-10H2,1H3. The van der Waals surface area contributed by atoms with Gasteiger partial charge in [0.25, 0.3) is 5.56 Å². The van der Waals surface area contributed by atoms with Crippen LogP contribution in [0.5, 0.6) is 11.5 Å². The van der Waals surface area contributed by atoms with Gasteiger partial charge >= 0.3 is 5.97 Å². The molecule has 1 atom stereocenters. The summed E-state index contributed by atoms with van der Waals surface area (Å²) in [5.41, 5.74) is 1.71. The largest absolute Gasteiger partial charge is 0.459 e. The molecule has 0 saturated carbocycles. The Morgan fingerprint density at radius 1 is 1.30 bits per heavy atom. The summed E-state index contributed by atoms with van der Waals surface area (Å²) in [7, 11) is 0. The lowest BCUT2D eigenvalue weighted by Gasteiger charge is -2.12. The lowest BCUT2D eigenvalue weighted by molar-refractivity contribution is -0.145. The van der Waals surface area contributed by atoms with Crippen molar-refractivity contribution in [3.8, 4) is 22.8 Å². The van der Waals surface area contributed by atoms with Crippen molar-refractivity contribution in [1.29, 1.82) is 0 Å². The number of carbonyl (C=O) groups is 1. The monoisotopic (exact) mass is 427 g/mol. The third-order valence-corrected chi connectivity index (χ3v) is 6.01. The van der Waals surface area contributed by atoms with Gasteiger partial charge in [0.05, 0.1) is 12.5 Å². The number of esters is 1. The summed E-state index contributed by atoms with van der Waals surface area (Å²) in [5.74, 6) is 2.07. The van der Waals surface area contributed by atoms with E-state index >= 15 is 0 Å². The molecule has 30 heavy (non-hydrogen) atoms. The van der Waals surface area contributed by atoms with Gasteiger partial charge in [0.2, 0.25) is 6.79 Å². The molecule has 9 nitrogen and oxygen atoms in total. The van der Waals surface area contributed by atoms with E-state index in [9.17, 15) is 9.59 Å². The number of hydrogen-bond donors (Lipinski definition) is 0. The summed E-state index contributed by atoms with van der Waals surface area (Å²) in [6.07, 6.45) is 1.65. The average molecular weight is 427 g/mol. The Bertz CT molecular complexity index is 1190. The molecule has 0 fully saturated rings. The Morgan fingerprint density at radius 3 is 3.07 bits per heavy atom. The van der Waals surface area contributed by atoms with Crippen LogP contribution in [0.3, 0.4) is 0 Å². The van der Waals surface area contributed by atoms with Gasteiger partial charge in [-0.15, -0.1) is 0 Å². The molecule has 1 unspecified atom stereocenters. The molecule has 0 saturated heterocycles. The summed E-state index contributed by atoms with van der Waals surface area (Å²) in [6.45, 7) is 1.89. The molecule has 0 amide bonds. The molecule has 2 aliphatic heterocycles. The number of rotatable bonds is 5. The second-order valence-electron chi connectivity index (χ2n) is 6.98. The number of thioether (sulfide) groups is 1. The zero-order valence-electron chi connectivity index (χ0n) is 16.0. The SMILES string of the molecule is Cc1cnc2n(c1=O)C(CC(=O)OCc1cc(-c3ccc4c(c3)OCO4)on1)CS2. The highest BCUT2D eigenvalue weighted by molar-refractivity contribution is 7.99. The average Bonchev–Trinajstić information content (AvgIpc) is 3.48. The van der Waals surface area contributed by atoms with E-state index in [1.54, 1.807) is 29.8 Å². The highest BCUT2D eigenvalue weighted by Gasteiger charge is 2.28. The first kappa shape index (κ1) is 18.7. The van der Waals surface area contributed by atoms with Crippen LogP contribution in [0.25, 0.3) is 11.3 Å². The minimum atomic E-state index is -0.408. The topological polar surface area (TPSA) is 106 Å². The summed E-state index contributed by atoms with van der Waals surface area (Å²) < 4.78 is 22.9. The number of aromatic nitrogens is 3. The third kappa shape index (κ3) is 3.43. The van der Waals surface area contributed by atoms with Crippen LogP contribution in [0.2, 0.25) is 0 Å². The van der Waals surface area contributed by atoms with Gasteiger partial charge < -0.3 is 18.7 Å². The zero-order chi connectivity index (χ0) is 20.7. The lowest BCUT2D eigenvalue weighted by Crippen LogP contribution is -2.27. The van der Waals surface area contributed by atoms with Gasteiger partial charge in [-0.1, -0.05) is 16.9 Å². The van der Waals surface area contributed by atoms with Gasteiger partial charge in [0.1, 0.15) is 12.3 Å². The Balaban J connectivity index is 1.21. The molecule has 1 aromatic carbocycles. The Labute approximate surface area is 174 Å². The van der Waals surface area contributed by atoms with Crippen molar-refractivity contribution in [3.63, 3.8) is 0 Å². The maximum atomic E-state index is 12.4. The summed E-state index contributed by atoms with van der Waals surface area (Å²) >= 11 is 1.46. The molecule has 5 rings (SSSR count). The zero-order valence-corrected chi connectivity index (χ0v) is 16.8. The molecule has 2 aromatic heterocycles. The number of ether oxygens (including phenoxy) is 3. The van der Waals surface area contributed by atoms with Gasteiger partial charge in [-0.25, -0.2) is 4.98 Å². The molecule has 0 radical (unpaired) electrons. The number of aryl methyl sites for hydroxylation is 1. The molecule has 2 aliphatic rings. The van der Waals surface area contributed by atoms with E-state index in [2.05, 4.69) is 10.1 Å². The number of carbonyl (C=O) groups excluding carboxylic acids is 1. The van der Waals surface area contributed by atoms with E-state index in [0.29, 0.717) is 39.4 Å². The first-order chi connectivity index (χ1) is 14.6. The Morgan fingerprint density at radius 2 is 2.17 bits per heavy atom. The minimum Gasteiger partial charge on any atom is -0.459 e. The Hall–Kier alpha value is -3.27. The molecular weight excluding hydrogens is 410 g/mol. The van der Waals surface area contributed by atoms with E-state index in [1.807, 2.05) is 12.1 Å². The smallest absolute Gasteiger partial charge is 0.308 e.